The average Bonchev–Trinajstić information content (AvgIpc) is 3.01. The van der Waals surface area contributed by atoms with Crippen LogP contribution < -0.4 is 0 Å². The summed E-state index contributed by atoms with van der Waals surface area (Å²) in [7, 11) is -3.40. The Bertz CT molecular complexity index is 593. The van der Waals surface area contributed by atoms with Gasteiger partial charge in [-0.1, -0.05) is 0 Å². The fourth-order valence-electron chi connectivity index (χ4n) is 3.22. The summed E-state index contributed by atoms with van der Waals surface area (Å²) in [6.07, 6.45) is 6.26. The fraction of sp³-hybridized carbons (Fsp3) is 0.786. The first-order chi connectivity index (χ1) is 10.6. The largest absolute Gasteiger partial charge is 0.380 e. The van der Waals surface area contributed by atoms with E-state index in [-0.39, 0.29) is 6.04 Å². The zero-order valence-electron chi connectivity index (χ0n) is 13.0. The van der Waals surface area contributed by atoms with Crippen molar-refractivity contribution in [3.8, 4) is 0 Å². The van der Waals surface area contributed by atoms with Crippen molar-refractivity contribution < 1.29 is 13.2 Å². The van der Waals surface area contributed by atoms with Crippen LogP contribution in [0, 0.1) is 6.92 Å². The van der Waals surface area contributed by atoms with Gasteiger partial charge in [0.2, 0.25) is 0 Å². The first-order valence-electron chi connectivity index (χ1n) is 7.91. The van der Waals surface area contributed by atoms with Gasteiger partial charge in [0.25, 0.3) is 10.2 Å². The second-order valence-electron chi connectivity index (χ2n) is 5.91. The Hall–Kier alpha value is -0.960. The minimum Gasteiger partial charge on any atom is -0.380 e. The lowest BCUT2D eigenvalue weighted by atomic mass is 10.2. The van der Waals surface area contributed by atoms with E-state index >= 15 is 0 Å². The molecule has 7 nitrogen and oxygen atoms in total. The van der Waals surface area contributed by atoms with Crippen LogP contribution in [-0.2, 0) is 21.5 Å². The summed E-state index contributed by atoms with van der Waals surface area (Å²) >= 11 is 0. The van der Waals surface area contributed by atoms with Crippen molar-refractivity contribution in [1.82, 2.24) is 18.2 Å². The number of nitrogens with zero attached hydrogens (tertiary/aromatic N) is 4. The van der Waals surface area contributed by atoms with Gasteiger partial charge >= 0.3 is 0 Å². The summed E-state index contributed by atoms with van der Waals surface area (Å²) < 4.78 is 36.5. The molecule has 3 rings (SSSR count). The molecule has 2 aliphatic rings. The number of rotatable bonds is 4. The molecule has 1 aromatic rings. The van der Waals surface area contributed by atoms with Gasteiger partial charge in [0.05, 0.1) is 6.61 Å². The van der Waals surface area contributed by atoms with Crippen LogP contribution in [-0.4, -0.2) is 65.5 Å². The molecule has 3 heterocycles. The smallest absolute Gasteiger partial charge is 0.282 e. The Kier molecular flexibility index (Phi) is 4.82. The molecule has 2 saturated heterocycles. The molecule has 0 saturated carbocycles. The van der Waals surface area contributed by atoms with E-state index in [1.54, 1.807) is 14.8 Å². The second-order valence-corrected chi connectivity index (χ2v) is 7.79. The van der Waals surface area contributed by atoms with Crippen molar-refractivity contribution in [3.63, 3.8) is 0 Å². The molecule has 1 atom stereocenters. The number of ether oxygens (including phenoxy) is 1. The zero-order chi connectivity index (χ0) is 15.6. The van der Waals surface area contributed by atoms with E-state index in [2.05, 4.69) is 4.98 Å². The molecule has 124 valence electrons. The monoisotopic (exact) mass is 328 g/mol. The minimum absolute atomic E-state index is 0.0158. The highest BCUT2D eigenvalue weighted by molar-refractivity contribution is 7.86. The summed E-state index contributed by atoms with van der Waals surface area (Å²) in [5.74, 6) is 0.924. The van der Waals surface area contributed by atoms with E-state index in [9.17, 15) is 8.42 Å². The predicted octanol–water partition coefficient (Wildman–Crippen LogP) is 0.623. The van der Waals surface area contributed by atoms with E-state index < -0.39 is 10.2 Å². The Balaban J connectivity index is 1.75. The number of hydrogen-bond acceptors (Lipinski definition) is 4. The molecule has 8 heteroatoms. The third kappa shape index (κ3) is 3.19. The molecular weight excluding hydrogens is 304 g/mol. The van der Waals surface area contributed by atoms with Gasteiger partial charge < -0.3 is 9.30 Å². The van der Waals surface area contributed by atoms with Crippen LogP contribution in [0.1, 0.15) is 25.1 Å². The van der Waals surface area contributed by atoms with Crippen molar-refractivity contribution >= 4 is 10.2 Å². The SMILES string of the molecule is Cc1nccn1C[C@@H]1CCCN1S(=O)(=O)N1CCCOCC1. The van der Waals surface area contributed by atoms with Gasteiger partial charge in [-0.15, -0.1) is 0 Å². The lowest BCUT2D eigenvalue weighted by molar-refractivity contribution is 0.147. The Labute approximate surface area is 132 Å². The van der Waals surface area contributed by atoms with Crippen molar-refractivity contribution in [2.24, 2.45) is 0 Å². The molecule has 1 aromatic heterocycles. The average molecular weight is 328 g/mol. The van der Waals surface area contributed by atoms with Crippen LogP contribution in [0.25, 0.3) is 0 Å². The molecule has 0 spiro atoms. The Morgan fingerprint density at radius 1 is 1.27 bits per heavy atom. The van der Waals surface area contributed by atoms with E-state index in [0.717, 1.165) is 25.1 Å². The zero-order valence-corrected chi connectivity index (χ0v) is 13.8. The van der Waals surface area contributed by atoms with Crippen LogP contribution in [0.4, 0.5) is 0 Å². The van der Waals surface area contributed by atoms with E-state index in [1.165, 1.54) is 0 Å². The highest BCUT2D eigenvalue weighted by atomic mass is 32.2. The van der Waals surface area contributed by atoms with Crippen LogP contribution >= 0.6 is 0 Å². The molecular formula is C14H24N4O3S. The van der Waals surface area contributed by atoms with Crippen LogP contribution in [0.2, 0.25) is 0 Å². The summed E-state index contributed by atoms with van der Waals surface area (Å²) in [5, 5.41) is 0. The minimum atomic E-state index is -3.40. The van der Waals surface area contributed by atoms with Gasteiger partial charge in [-0.3, -0.25) is 0 Å². The van der Waals surface area contributed by atoms with Crippen molar-refractivity contribution in [1.29, 1.82) is 0 Å². The molecule has 2 fully saturated rings. The first-order valence-corrected chi connectivity index (χ1v) is 9.31. The maximum absolute atomic E-state index is 12.9. The van der Waals surface area contributed by atoms with Crippen LogP contribution in [0.3, 0.4) is 0 Å². The van der Waals surface area contributed by atoms with Crippen LogP contribution in [0.5, 0.6) is 0 Å². The Morgan fingerprint density at radius 2 is 2.14 bits per heavy atom. The van der Waals surface area contributed by atoms with Gasteiger partial charge in [0.1, 0.15) is 5.82 Å². The highest BCUT2D eigenvalue weighted by Gasteiger charge is 2.38. The Morgan fingerprint density at radius 3 is 2.91 bits per heavy atom. The summed E-state index contributed by atoms with van der Waals surface area (Å²) in [6.45, 7) is 5.36. The molecule has 0 N–H and O–H groups in total. The third-order valence-corrected chi connectivity index (χ3v) is 6.55. The topological polar surface area (TPSA) is 67.7 Å². The molecule has 0 amide bonds. The number of aryl methyl sites for hydroxylation is 1. The standard InChI is InChI=1S/C14H24N4O3S/c1-13-15-5-8-16(13)12-14-4-2-7-18(14)22(19,20)17-6-3-10-21-11-9-17/h5,8,14H,2-4,6-7,9-12H2,1H3/t14-/m0/s1. The van der Waals surface area contributed by atoms with E-state index in [4.69, 9.17) is 4.74 Å². The van der Waals surface area contributed by atoms with E-state index in [0.29, 0.717) is 39.4 Å². The summed E-state index contributed by atoms with van der Waals surface area (Å²) in [4.78, 5) is 4.22. The highest BCUT2D eigenvalue weighted by Crippen LogP contribution is 2.25. The van der Waals surface area contributed by atoms with Gasteiger partial charge in [0.15, 0.2) is 0 Å². The lowest BCUT2D eigenvalue weighted by Gasteiger charge is -2.30. The van der Waals surface area contributed by atoms with Crippen molar-refractivity contribution in [2.75, 3.05) is 32.8 Å². The number of imidazole rings is 1. The lowest BCUT2D eigenvalue weighted by Crippen LogP contribution is -2.47. The van der Waals surface area contributed by atoms with Gasteiger partial charge in [-0.2, -0.15) is 17.0 Å². The quantitative estimate of drug-likeness (QED) is 0.813. The maximum Gasteiger partial charge on any atom is 0.282 e. The molecule has 2 aliphatic heterocycles. The predicted molar refractivity (Wildman–Crippen MR) is 82.6 cm³/mol. The normalized spacial score (nSPS) is 25.4. The van der Waals surface area contributed by atoms with Crippen molar-refractivity contribution in [3.05, 3.63) is 18.2 Å². The van der Waals surface area contributed by atoms with Crippen molar-refractivity contribution in [2.45, 2.75) is 38.8 Å². The molecule has 0 aromatic carbocycles. The number of hydrogen-bond donors (Lipinski definition) is 0. The summed E-state index contributed by atoms with van der Waals surface area (Å²) in [5.41, 5.74) is 0. The molecule has 0 unspecified atom stereocenters. The van der Waals surface area contributed by atoms with Gasteiger partial charge in [-0.05, 0) is 26.2 Å². The van der Waals surface area contributed by atoms with Crippen LogP contribution in [0.15, 0.2) is 12.4 Å². The third-order valence-electron chi connectivity index (χ3n) is 4.46. The van der Waals surface area contributed by atoms with E-state index in [1.807, 2.05) is 17.7 Å². The van der Waals surface area contributed by atoms with Gasteiger partial charge in [0, 0.05) is 51.2 Å². The summed E-state index contributed by atoms with van der Waals surface area (Å²) in [6, 6.07) is 0.0158. The second kappa shape index (κ2) is 6.66. The first kappa shape index (κ1) is 15.9. The molecule has 0 radical (unpaired) electrons. The van der Waals surface area contributed by atoms with Gasteiger partial charge in [-0.25, -0.2) is 4.98 Å². The maximum atomic E-state index is 12.9. The number of aromatic nitrogens is 2. The molecule has 0 aliphatic carbocycles. The molecule has 0 bridgehead atoms. The molecule has 22 heavy (non-hydrogen) atoms. The fourth-order valence-corrected chi connectivity index (χ4v) is 5.09.